The van der Waals surface area contributed by atoms with Gasteiger partial charge in [-0.05, 0) is 0 Å². The van der Waals surface area contributed by atoms with E-state index in [1.54, 1.807) is 0 Å². The van der Waals surface area contributed by atoms with Gasteiger partial charge in [0.1, 0.15) is 13.2 Å². The molecule has 0 saturated carbocycles. The number of fused-ring (bicyclic) bond motifs is 1. The lowest BCUT2D eigenvalue weighted by atomic mass is 10.2. The number of carbonyl (C=O) groups excluding carboxylic acids is 1. The van der Waals surface area contributed by atoms with Crippen molar-refractivity contribution in [1.82, 2.24) is 0 Å². The first-order chi connectivity index (χ1) is 9.35. The number of alkyl halides is 3. The molecule has 0 bridgehead atoms. The van der Waals surface area contributed by atoms with Crippen molar-refractivity contribution in [3.05, 3.63) is 17.2 Å². The fraction of sp³-hybridized carbons (Fsp3) is 0.364. The molecule has 1 aliphatic heterocycles. The maximum Gasteiger partial charge on any atom is 0.422 e. The lowest BCUT2D eigenvalue weighted by Crippen LogP contribution is -2.23. The molecule has 20 heavy (non-hydrogen) atoms. The Bertz CT molecular complexity index is 521. The number of anilines is 1. The number of halogens is 4. The van der Waals surface area contributed by atoms with Crippen LogP contribution in [0, 0.1) is 0 Å². The smallest absolute Gasteiger partial charge is 0.422 e. The molecule has 0 spiro atoms. The van der Waals surface area contributed by atoms with Gasteiger partial charge in [-0.15, -0.1) is 0 Å². The Labute approximate surface area is 116 Å². The lowest BCUT2D eigenvalue weighted by Gasteiger charge is -2.20. The number of nitrogens with one attached hydrogen (secondary N) is 1. The van der Waals surface area contributed by atoms with Gasteiger partial charge in [0.15, 0.2) is 18.1 Å². The van der Waals surface area contributed by atoms with E-state index >= 15 is 0 Å². The van der Waals surface area contributed by atoms with Gasteiger partial charge in [0.25, 0.3) is 0 Å². The van der Waals surface area contributed by atoms with E-state index in [1.807, 2.05) is 0 Å². The topological polar surface area (TPSA) is 56.8 Å². The predicted octanol–water partition coefficient (Wildman–Crippen LogP) is 3.22. The van der Waals surface area contributed by atoms with Crippen molar-refractivity contribution in [1.29, 1.82) is 0 Å². The first-order valence-corrected chi connectivity index (χ1v) is 5.82. The minimum Gasteiger partial charge on any atom is -0.486 e. The summed E-state index contributed by atoms with van der Waals surface area (Å²) >= 11 is 5.87. The zero-order valence-corrected chi connectivity index (χ0v) is 10.7. The standard InChI is InChI=1S/C11H9ClF3NO4/c12-6-3-8-9(19-2-1-18-8)4-7(6)16-10(17)20-5-11(13,14)15/h3-4H,1-2,5H2,(H,16,17). The second kappa shape index (κ2) is 5.66. The molecule has 110 valence electrons. The monoisotopic (exact) mass is 311 g/mol. The average Bonchev–Trinajstić information content (AvgIpc) is 2.36. The molecular weight excluding hydrogens is 303 g/mol. The molecule has 1 aromatic rings. The zero-order chi connectivity index (χ0) is 14.8. The highest BCUT2D eigenvalue weighted by Gasteiger charge is 2.29. The zero-order valence-electron chi connectivity index (χ0n) is 9.92. The van der Waals surface area contributed by atoms with Gasteiger partial charge in [0, 0.05) is 12.1 Å². The summed E-state index contributed by atoms with van der Waals surface area (Å²) in [5, 5.41) is 2.20. The number of carbonyl (C=O) groups is 1. The van der Waals surface area contributed by atoms with Gasteiger partial charge < -0.3 is 14.2 Å². The molecular formula is C11H9ClF3NO4. The van der Waals surface area contributed by atoms with E-state index in [2.05, 4.69) is 10.1 Å². The highest BCUT2D eigenvalue weighted by Crippen LogP contribution is 2.38. The Hall–Kier alpha value is -1.83. The summed E-state index contributed by atoms with van der Waals surface area (Å²) in [4.78, 5) is 11.2. The molecule has 1 N–H and O–H groups in total. The molecule has 0 unspecified atom stereocenters. The van der Waals surface area contributed by atoms with Gasteiger partial charge in [0.2, 0.25) is 0 Å². The van der Waals surface area contributed by atoms with Crippen LogP contribution in [0.5, 0.6) is 11.5 Å². The minimum absolute atomic E-state index is 0.0723. The summed E-state index contributed by atoms with van der Waals surface area (Å²) in [5.74, 6) is 0.738. The molecule has 1 aromatic carbocycles. The second-order valence-corrected chi connectivity index (χ2v) is 4.20. The van der Waals surface area contributed by atoms with Crippen molar-refractivity contribution in [2.75, 3.05) is 25.1 Å². The molecule has 9 heteroatoms. The number of hydrogen-bond donors (Lipinski definition) is 1. The number of ether oxygens (including phenoxy) is 3. The van der Waals surface area contributed by atoms with E-state index in [0.29, 0.717) is 24.7 Å². The van der Waals surface area contributed by atoms with Crippen molar-refractivity contribution in [2.24, 2.45) is 0 Å². The molecule has 0 fully saturated rings. The molecule has 1 aliphatic rings. The van der Waals surface area contributed by atoms with Crippen molar-refractivity contribution >= 4 is 23.4 Å². The summed E-state index contributed by atoms with van der Waals surface area (Å²) in [7, 11) is 0. The van der Waals surface area contributed by atoms with Crippen molar-refractivity contribution < 1.29 is 32.2 Å². The number of benzene rings is 1. The predicted molar refractivity (Wildman–Crippen MR) is 63.5 cm³/mol. The van der Waals surface area contributed by atoms with Crippen LogP contribution in [0.3, 0.4) is 0 Å². The summed E-state index contributed by atoms with van der Waals surface area (Å²) in [6.45, 7) is -0.989. The summed E-state index contributed by atoms with van der Waals surface area (Å²) in [6.07, 6.45) is -5.85. The molecule has 0 aromatic heterocycles. The summed E-state index contributed by atoms with van der Waals surface area (Å²) in [5.41, 5.74) is 0.0723. The third-order valence-electron chi connectivity index (χ3n) is 2.24. The van der Waals surface area contributed by atoms with Crippen LogP contribution in [0.25, 0.3) is 0 Å². The second-order valence-electron chi connectivity index (χ2n) is 3.79. The SMILES string of the molecule is O=C(Nc1cc2c(cc1Cl)OCCO2)OCC(F)(F)F. The van der Waals surface area contributed by atoms with Crippen LogP contribution in [-0.4, -0.2) is 32.1 Å². The third-order valence-corrected chi connectivity index (χ3v) is 2.55. The van der Waals surface area contributed by atoms with Crippen LogP contribution >= 0.6 is 11.6 Å². The van der Waals surface area contributed by atoms with Crippen LogP contribution in [-0.2, 0) is 4.74 Å². The lowest BCUT2D eigenvalue weighted by molar-refractivity contribution is -0.159. The normalized spacial score (nSPS) is 13.8. The molecule has 2 rings (SSSR count). The molecule has 5 nitrogen and oxygen atoms in total. The van der Waals surface area contributed by atoms with E-state index in [9.17, 15) is 18.0 Å². The maximum absolute atomic E-state index is 11.9. The number of hydrogen-bond acceptors (Lipinski definition) is 4. The number of amides is 1. The fourth-order valence-corrected chi connectivity index (χ4v) is 1.65. The molecule has 1 amide bonds. The van der Waals surface area contributed by atoms with Crippen LogP contribution in [0.1, 0.15) is 0 Å². The fourth-order valence-electron chi connectivity index (χ4n) is 1.45. The van der Waals surface area contributed by atoms with Gasteiger partial charge in [-0.3, -0.25) is 5.32 Å². The van der Waals surface area contributed by atoms with Crippen LogP contribution in [0.4, 0.5) is 23.7 Å². The van der Waals surface area contributed by atoms with Gasteiger partial charge in [0.05, 0.1) is 10.7 Å². The van der Waals surface area contributed by atoms with Crippen LogP contribution < -0.4 is 14.8 Å². The molecule has 0 atom stereocenters. The highest BCUT2D eigenvalue weighted by molar-refractivity contribution is 6.33. The van der Waals surface area contributed by atoms with E-state index in [-0.39, 0.29) is 10.7 Å². The maximum atomic E-state index is 11.9. The van der Waals surface area contributed by atoms with Crippen molar-refractivity contribution in [3.8, 4) is 11.5 Å². The number of rotatable bonds is 2. The van der Waals surface area contributed by atoms with E-state index in [4.69, 9.17) is 21.1 Å². The highest BCUT2D eigenvalue weighted by atomic mass is 35.5. The first-order valence-electron chi connectivity index (χ1n) is 5.45. The Balaban J connectivity index is 2.04. The van der Waals surface area contributed by atoms with Gasteiger partial charge in [-0.2, -0.15) is 13.2 Å². The van der Waals surface area contributed by atoms with E-state index < -0.39 is 18.9 Å². The Morgan fingerprint density at radius 3 is 2.50 bits per heavy atom. The van der Waals surface area contributed by atoms with E-state index in [1.165, 1.54) is 12.1 Å². The van der Waals surface area contributed by atoms with Crippen LogP contribution in [0.15, 0.2) is 12.1 Å². The van der Waals surface area contributed by atoms with Gasteiger partial charge >= 0.3 is 12.3 Å². The van der Waals surface area contributed by atoms with E-state index in [0.717, 1.165) is 0 Å². The average molecular weight is 312 g/mol. The molecule has 0 aliphatic carbocycles. The third kappa shape index (κ3) is 3.83. The van der Waals surface area contributed by atoms with Crippen LogP contribution in [0.2, 0.25) is 5.02 Å². The molecule has 1 heterocycles. The first kappa shape index (κ1) is 14.6. The molecule has 0 saturated heterocycles. The van der Waals surface area contributed by atoms with Crippen molar-refractivity contribution in [3.63, 3.8) is 0 Å². The largest absolute Gasteiger partial charge is 0.486 e. The minimum atomic E-state index is -4.59. The Kier molecular flexibility index (Phi) is 4.12. The Morgan fingerprint density at radius 1 is 1.30 bits per heavy atom. The van der Waals surface area contributed by atoms with Gasteiger partial charge in [-0.25, -0.2) is 4.79 Å². The molecule has 0 radical (unpaired) electrons. The Morgan fingerprint density at radius 2 is 1.90 bits per heavy atom. The quantitative estimate of drug-likeness (QED) is 0.911. The van der Waals surface area contributed by atoms with Crippen molar-refractivity contribution in [2.45, 2.75) is 6.18 Å². The van der Waals surface area contributed by atoms with Gasteiger partial charge in [-0.1, -0.05) is 11.6 Å². The summed E-state index contributed by atoms with van der Waals surface area (Å²) in [6, 6.07) is 2.75. The summed E-state index contributed by atoms with van der Waals surface area (Å²) < 4.78 is 50.2.